The van der Waals surface area contributed by atoms with Gasteiger partial charge in [-0.25, -0.2) is 0 Å². The Morgan fingerprint density at radius 2 is 1.70 bits per heavy atom. The molecule has 0 bridgehead atoms. The third-order valence-corrected chi connectivity index (χ3v) is 11.5. The van der Waals surface area contributed by atoms with Gasteiger partial charge in [-0.05, 0) is 112 Å². The predicted molar refractivity (Wildman–Crippen MR) is 130 cm³/mol. The number of hydrogen-bond donors (Lipinski definition) is 3. The van der Waals surface area contributed by atoms with E-state index in [0.717, 1.165) is 64.5 Å². The van der Waals surface area contributed by atoms with Crippen molar-refractivity contribution in [2.45, 2.75) is 111 Å². The molecule has 4 fully saturated rings. The summed E-state index contributed by atoms with van der Waals surface area (Å²) in [6.07, 6.45) is 6.96. The Labute approximate surface area is 201 Å². The molecule has 0 aliphatic heterocycles. The average Bonchev–Trinajstić information content (AvgIpc) is 3.13. The normalized spacial score (nSPS) is 47.9. The molecule has 4 rings (SSSR count). The highest BCUT2D eigenvalue weighted by Crippen LogP contribution is 2.68. The van der Waals surface area contributed by atoms with E-state index in [-0.39, 0.29) is 41.0 Å². The van der Waals surface area contributed by atoms with Crippen LogP contribution < -0.4 is 0 Å². The van der Waals surface area contributed by atoms with E-state index in [0.29, 0.717) is 36.0 Å². The van der Waals surface area contributed by atoms with Crippen LogP contribution in [0.1, 0.15) is 92.4 Å². The first-order valence-corrected chi connectivity index (χ1v) is 13.9. The lowest BCUT2D eigenvalue weighted by atomic mass is 9.43. The number of fused-ring (bicyclic) bond motifs is 5. The van der Waals surface area contributed by atoms with Gasteiger partial charge in [-0.2, -0.15) is 0 Å². The fourth-order valence-corrected chi connectivity index (χ4v) is 9.42. The van der Waals surface area contributed by atoms with Crippen molar-refractivity contribution in [1.29, 1.82) is 0 Å². The lowest BCUT2D eigenvalue weighted by molar-refractivity contribution is -0.207. The molecule has 0 aromatic heterocycles. The third kappa shape index (κ3) is 4.08. The molecule has 0 spiro atoms. The molecule has 1 amide bonds. The Morgan fingerprint density at radius 3 is 2.36 bits per heavy atom. The molecule has 3 N–H and O–H groups in total. The Kier molecular flexibility index (Phi) is 7.27. The minimum Gasteiger partial charge on any atom is -0.393 e. The third-order valence-electron chi connectivity index (χ3n) is 11.5. The molecular weight excluding hydrogens is 414 g/mol. The molecule has 4 aliphatic rings. The van der Waals surface area contributed by atoms with E-state index in [4.69, 9.17) is 0 Å². The molecule has 0 radical (unpaired) electrons. The van der Waals surface area contributed by atoms with Gasteiger partial charge < -0.3 is 20.2 Å². The predicted octanol–water partition coefficient (Wildman–Crippen LogP) is 4.23. The summed E-state index contributed by atoms with van der Waals surface area (Å²) >= 11 is 0. The molecule has 190 valence electrons. The molecule has 0 saturated heterocycles. The number of aliphatic hydroxyl groups is 3. The number of nitrogens with zero attached hydrogens (tertiary/aromatic N) is 1. The molecule has 11 atom stereocenters. The maximum atomic E-state index is 12.6. The summed E-state index contributed by atoms with van der Waals surface area (Å²) in [6.45, 7) is 12.6. The highest BCUT2D eigenvalue weighted by molar-refractivity contribution is 5.76. The number of hydrogen-bond acceptors (Lipinski definition) is 4. The van der Waals surface area contributed by atoms with Gasteiger partial charge in [-0.3, -0.25) is 4.79 Å². The summed E-state index contributed by atoms with van der Waals surface area (Å²) < 4.78 is 0. The molecule has 0 heterocycles. The quantitative estimate of drug-likeness (QED) is 0.551. The van der Waals surface area contributed by atoms with Crippen molar-refractivity contribution in [3.8, 4) is 0 Å². The van der Waals surface area contributed by atoms with Crippen molar-refractivity contribution < 1.29 is 20.1 Å². The van der Waals surface area contributed by atoms with Crippen LogP contribution >= 0.6 is 0 Å². The van der Waals surface area contributed by atoms with Gasteiger partial charge in [0.15, 0.2) is 0 Å². The van der Waals surface area contributed by atoms with Gasteiger partial charge >= 0.3 is 0 Å². The fourth-order valence-electron chi connectivity index (χ4n) is 9.42. The topological polar surface area (TPSA) is 81.0 Å². The summed E-state index contributed by atoms with van der Waals surface area (Å²) in [5, 5.41) is 33.4. The van der Waals surface area contributed by atoms with E-state index >= 15 is 0 Å². The van der Waals surface area contributed by atoms with Crippen molar-refractivity contribution in [1.82, 2.24) is 4.90 Å². The standard InChI is InChI=1S/C28H49NO4/c1-6-29(7-2)25(33)11-8-17(3)20-9-10-21-26-22(16-24(32)28(20,21)5)27(4)13-12-19(30)14-18(27)15-23(26)31/h17-24,26,30-32H,6-16H2,1-5H3/t17-,18?,19-,20-,21?,22?,23-,24+,26?,27+,28-/m1/s1. The van der Waals surface area contributed by atoms with Crippen LogP contribution in [0.25, 0.3) is 0 Å². The number of carbonyl (C=O) groups is 1. The monoisotopic (exact) mass is 463 g/mol. The minimum absolute atomic E-state index is 0.116. The largest absolute Gasteiger partial charge is 0.393 e. The highest BCUT2D eigenvalue weighted by Gasteiger charge is 2.65. The maximum Gasteiger partial charge on any atom is 0.222 e. The second kappa shape index (κ2) is 9.43. The maximum absolute atomic E-state index is 12.6. The zero-order valence-electron chi connectivity index (χ0n) is 21.7. The molecule has 5 heteroatoms. The van der Waals surface area contributed by atoms with Gasteiger partial charge in [-0.15, -0.1) is 0 Å². The molecule has 4 aliphatic carbocycles. The van der Waals surface area contributed by atoms with Crippen molar-refractivity contribution in [2.75, 3.05) is 13.1 Å². The zero-order valence-corrected chi connectivity index (χ0v) is 21.7. The second-order valence-electron chi connectivity index (χ2n) is 12.6. The first-order valence-electron chi connectivity index (χ1n) is 13.9. The van der Waals surface area contributed by atoms with Gasteiger partial charge in [-0.1, -0.05) is 20.8 Å². The smallest absolute Gasteiger partial charge is 0.222 e. The van der Waals surface area contributed by atoms with Crippen molar-refractivity contribution in [3.05, 3.63) is 0 Å². The van der Waals surface area contributed by atoms with E-state index in [1.165, 1.54) is 0 Å². The van der Waals surface area contributed by atoms with Crippen LogP contribution in [0.5, 0.6) is 0 Å². The van der Waals surface area contributed by atoms with Crippen LogP contribution in [0.3, 0.4) is 0 Å². The van der Waals surface area contributed by atoms with Gasteiger partial charge in [0.25, 0.3) is 0 Å². The van der Waals surface area contributed by atoms with E-state index in [9.17, 15) is 20.1 Å². The summed E-state index contributed by atoms with van der Waals surface area (Å²) in [4.78, 5) is 14.5. The average molecular weight is 464 g/mol. The van der Waals surface area contributed by atoms with Crippen molar-refractivity contribution in [2.24, 2.45) is 46.3 Å². The summed E-state index contributed by atoms with van der Waals surface area (Å²) in [5.41, 5.74) is -0.0670. The number of rotatable bonds is 6. The Bertz CT molecular complexity index is 710. The van der Waals surface area contributed by atoms with Crippen LogP contribution in [0.2, 0.25) is 0 Å². The summed E-state index contributed by atoms with van der Waals surface area (Å²) in [5.74, 6) is 2.33. The van der Waals surface area contributed by atoms with Crippen LogP contribution in [0, 0.1) is 46.3 Å². The number of amides is 1. The van der Waals surface area contributed by atoms with E-state index in [1.807, 2.05) is 18.7 Å². The van der Waals surface area contributed by atoms with E-state index < -0.39 is 0 Å². The molecular formula is C28H49NO4. The van der Waals surface area contributed by atoms with Gasteiger partial charge in [0.05, 0.1) is 18.3 Å². The first-order chi connectivity index (χ1) is 15.6. The molecule has 0 aromatic rings. The van der Waals surface area contributed by atoms with E-state index in [1.54, 1.807) is 0 Å². The van der Waals surface area contributed by atoms with Crippen LogP contribution in [0.15, 0.2) is 0 Å². The van der Waals surface area contributed by atoms with E-state index in [2.05, 4.69) is 20.8 Å². The van der Waals surface area contributed by atoms with Crippen molar-refractivity contribution >= 4 is 5.91 Å². The van der Waals surface area contributed by atoms with Crippen molar-refractivity contribution in [3.63, 3.8) is 0 Å². The second-order valence-corrected chi connectivity index (χ2v) is 12.6. The van der Waals surface area contributed by atoms with Gasteiger partial charge in [0.2, 0.25) is 5.91 Å². The fraction of sp³-hybridized carbons (Fsp3) is 0.964. The first kappa shape index (κ1) is 25.4. The van der Waals surface area contributed by atoms with Crippen LogP contribution in [0.4, 0.5) is 0 Å². The SMILES string of the molecule is CCN(CC)C(=O)CC[C@@H](C)[C@H]1CCC2C3C(C[C@H](O)[C@@]21C)[C@@]1(C)CC[C@@H](O)CC1C[C@H]3O. The van der Waals surface area contributed by atoms with Gasteiger partial charge in [0, 0.05) is 19.5 Å². The van der Waals surface area contributed by atoms with Crippen LogP contribution in [-0.2, 0) is 4.79 Å². The number of aliphatic hydroxyl groups excluding tert-OH is 3. The summed E-state index contributed by atoms with van der Waals surface area (Å²) in [6, 6.07) is 0. The lowest BCUT2D eigenvalue weighted by Crippen LogP contribution is -2.62. The minimum atomic E-state index is -0.355. The Balaban J connectivity index is 1.52. The Hall–Kier alpha value is -0.650. The van der Waals surface area contributed by atoms with Crippen LogP contribution in [-0.4, -0.2) is 57.5 Å². The molecule has 4 saturated carbocycles. The van der Waals surface area contributed by atoms with Gasteiger partial charge in [0.1, 0.15) is 0 Å². The zero-order chi connectivity index (χ0) is 24.1. The molecule has 5 nitrogen and oxygen atoms in total. The lowest BCUT2D eigenvalue weighted by Gasteiger charge is -2.63. The number of carbonyl (C=O) groups excluding carboxylic acids is 1. The Morgan fingerprint density at radius 1 is 1.00 bits per heavy atom. The molecule has 33 heavy (non-hydrogen) atoms. The summed E-state index contributed by atoms with van der Waals surface area (Å²) in [7, 11) is 0. The highest BCUT2D eigenvalue weighted by atomic mass is 16.3. The molecule has 0 aromatic carbocycles. The molecule has 4 unspecified atom stereocenters.